The fourth-order valence-electron chi connectivity index (χ4n) is 3.91. The van der Waals surface area contributed by atoms with Gasteiger partial charge in [0.1, 0.15) is 29.8 Å². The fourth-order valence-corrected chi connectivity index (χ4v) is 4.76. The quantitative estimate of drug-likeness (QED) is 0.385. The number of carbonyl (C=O) groups excluding carboxylic acids is 2. The zero-order valence-corrected chi connectivity index (χ0v) is 24.0. The molecule has 0 aliphatic heterocycles. The van der Waals surface area contributed by atoms with Crippen LogP contribution in [0.3, 0.4) is 0 Å². The molecule has 11 heteroatoms. The molecule has 210 valence electrons. The third kappa shape index (κ3) is 8.01. The van der Waals surface area contributed by atoms with E-state index in [4.69, 9.17) is 14.2 Å². The molecule has 0 heterocycles. The lowest BCUT2D eigenvalue weighted by Crippen LogP contribution is -2.53. The highest BCUT2D eigenvalue weighted by Crippen LogP contribution is 2.34. The molecule has 10 nitrogen and oxygen atoms in total. The van der Waals surface area contributed by atoms with Gasteiger partial charge in [0.15, 0.2) is 0 Å². The lowest BCUT2D eigenvalue weighted by atomic mass is 10.1. The molecule has 2 atom stereocenters. The molecule has 0 spiro atoms. The molecule has 0 fully saturated rings. The summed E-state index contributed by atoms with van der Waals surface area (Å²) < 4.78 is 42.8. The van der Waals surface area contributed by atoms with Crippen molar-refractivity contribution in [2.24, 2.45) is 0 Å². The van der Waals surface area contributed by atoms with E-state index in [1.807, 2.05) is 26.8 Å². The first-order chi connectivity index (χ1) is 18.0. The number of amides is 2. The van der Waals surface area contributed by atoms with Gasteiger partial charge in [0, 0.05) is 18.7 Å². The number of ether oxygens (including phenoxy) is 3. The maximum Gasteiger partial charge on any atom is 0.244 e. The number of nitrogens with one attached hydrogen (secondary N) is 1. The van der Waals surface area contributed by atoms with E-state index in [1.165, 1.54) is 25.2 Å². The standard InChI is InChI=1S/C27H39N3O7S/c1-8-19(3)28-27(32)23(9-2)29(17-20-11-10-12-21(15-20)35-4)26(31)18-30(38(7,33)34)24-16-22(36-5)13-14-25(24)37-6/h10-16,19,23H,8-9,17-18H2,1-7H3,(H,28,32). The van der Waals surface area contributed by atoms with Crippen molar-refractivity contribution in [1.29, 1.82) is 0 Å². The molecular formula is C27H39N3O7S. The molecule has 2 aromatic carbocycles. The van der Waals surface area contributed by atoms with Crippen molar-refractivity contribution in [3.05, 3.63) is 48.0 Å². The molecule has 2 unspecified atom stereocenters. The third-order valence-electron chi connectivity index (χ3n) is 6.21. The average molecular weight is 550 g/mol. The summed E-state index contributed by atoms with van der Waals surface area (Å²) in [7, 11) is 0.479. The average Bonchev–Trinajstić information content (AvgIpc) is 2.90. The fraction of sp³-hybridized carbons (Fsp3) is 0.481. The summed E-state index contributed by atoms with van der Waals surface area (Å²) in [4.78, 5) is 28.5. The molecule has 0 saturated heterocycles. The molecule has 38 heavy (non-hydrogen) atoms. The van der Waals surface area contributed by atoms with Gasteiger partial charge in [0.25, 0.3) is 0 Å². The van der Waals surface area contributed by atoms with Crippen molar-refractivity contribution >= 4 is 27.5 Å². The molecule has 0 aromatic heterocycles. The first-order valence-electron chi connectivity index (χ1n) is 12.4. The summed E-state index contributed by atoms with van der Waals surface area (Å²) >= 11 is 0. The van der Waals surface area contributed by atoms with Crippen molar-refractivity contribution in [3.8, 4) is 17.2 Å². The highest BCUT2D eigenvalue weighted by Gasteiger charge is 2.33. The van der Waals surface area contributed by atoms with Crippen LogP contribution >= 0.6 is 0 Å². The zero-order valence-electron chi connectivity index (χ0n) is 23.2. The van der Waals surface area contributed by atoms with Gasteiger partial charge in [0.2, 0.25) is 21.8 Å². The number of methoxy groups -OCH3 is 3. The van der Waals surface area contributed by atoms with E-state index >= 15 is 0 Å². The van der Waals surface area contributed by atoms with Crippen molar-refractivity contribution in [3.63, 3.8) is 0 Å². The van der Waals surface area contributed by atoms with Gasteiger partial charge in [-0.3, -0.25) is 13.9 Å². The Morgan fingerprint density at radius 3 is 2.16 bits per heavy atom. The molecule has 0 radical (unpaired) electrons. The summed E-state index contributed by atoms with van der Waals surface area (Å²) in [6, 6.07) is 11.0. The Bertz CT molecular complexity index is 1200. The Hall–Kier alpha value is -3.47. The van der Waals surface area contributed by atoms with Crippen LogP contribution in [0.25, 0.3) is 0 Å². The zero-order chi connectivity index (χ0) is 28.5. The van der Waals surface area contributed by atoms with E-state index in [9.17, 15) is 18.0 Å². The maximum absolute atomic E-state index is 13.9. The molecule has 2 rings (SSSR count). The monoisotopic (exact) mass is 549 g/mol. The van der Waals surface area contributed by atoms with Gasteiger partial charge in [-0.25, -0.2) is 8.42 Å². The predicted molar refractivity (Wildman–Crippen MR) is 147 cm³/mol. The van der Waals surface area contributed by atoms with Gasteiger partial charge < -0.3 is 24.4 Å². The third-order valence-corrected chi connectivity index (χ3v) is 7.33. The number of hydrogen-bond donors (Lipinski definition) is 1. The van der Waals surface area contributed by atoms with E-state index in [1.54, 1.807) is 37.4 Å². The minimum Gasteiger partial charge on any atom is -0.497 e. The van der Waals surface area contributed by atoms with Crippen LogP contribution in [-0.2, 0) is 26.2 Å². The summed E-state index contributed by atoms with van der Waals surface area (Å²) in [5.74, 6) is 0.405. The van der Waals surface area contributed by atoms with E-state index in [0.29, 0.717) is 17.9 Å². The molecular weight excluding hydrogens is 510 g/mol. The highest BCUT2D eigenvalue weighted by molar-refractivity contribution is 7.92. The van der Waals surface area contributed by atoms with Gasteiger partial charge in [-0.2, -0.15) is 0 Å². The van der Waals surface area contributed by atoms with Gasteiger partial charge in [-0.05, 0) is 49.6 Å². The van der Waals surface area contributed by atoms with Crippen LogP contribution in [0.4, 0.5) is 5.69 Å². The van der Waals surface area contributed by atoms with Crippen LogP contribution in [0.15, 0.2) is 42.5 Å². The Balaban J connectivity index is 2.54. The first kappa shape index (κ1) is 30.8. The van der Waals surface area contributed by atoms with Crippen molar-refractivity contribution in [2.45, 2.75) is 52.2 Å². The van der Waals surface area contributed by atoms with E-state index in [-0.39, 0.29) is 29.9 Å². The number of hydrogen-bond acceptors (Lipinski definition) is 7. The number of nitrogens with zero attached hydrogens (tertiary/aromatic N) is 2. The van der Waals surface area contributed by atoms with E-state index < -0.39 is 28.5 Å². The minimum absolute atomic E-state index is 0.0787. The van der Waals surface area contributed by atoms with Crippen molar-refractivity contribution < 1.29 is 32.2 Å². The van der Waals surface area contributed by atoms with Crippen LogP contribution in [-0.4, -0.2) is 71.3 Å². The Labute approximate surface area is 225 Å². The molecule has 0 aliphatic carbocycles. The Morgan fingerprint density at radius 1 is 0.947 bits per heavy atom. The summed E-state index contributed by atoms with van der Waals surface area (Å²) in [6.07, 6.45) is 2.07. The molecule has 0 saturated carbocycles. The van der Waals surface area contributed by atoms with E-state index in [0.717, 1.165) is 22.5 Å². The second-order valence-corrected chi connectivity index (χ2v) is 10.8. The smallest absolute Gasteiger partial charge is 0.244 e. The second kappa shape index (κ2) is 13.9. The van der Waals surface area contributed by atoms with Gasteiger partial charge in [0.05, 0.1) is 33.3 Å². The summed E-state index contributed by atoms with van der Waals surface area (Å²) in [5, 5.41) is 2.95. The first-order valence-corrected chi connectivity index (χ1v) is 14.3. The molecule has 0 aliphatic rings. The SMILES string of the molecule is CCC(C)NC(=O)C(CC)N(Cc1cccc(OC)c1)C(=O)CN(c1cc(OC)ccc1OC)S(C)(=O)=O. The minimum atomic E-state index is -3.93. The number of sulfonamides is 1. The molecule has 0 bridgehead atoms. The number of benzene rings is 2. The van der Waals surface area contributed by atoms with Gasteiger partial charge in [-0.15, -0.1) is 0 Å². The lowest BCUT2D eigenvalue weighted by Gasteiger charge is -2.33. The molecule has 2 amide bonds. The van der Waals surface area contributed by atoms with Crippen LogP contribution < -0.4 is 23.8 Å². The van der Waals surface area contributed by atoms with Crippen LogP contribution in [0.5, 0.6) is 17.2 Å². The normalized spacial score (nSPS) is 12.7. The largest absolute Gasteiger partial charge is 0.497 e. The Morgan fingerprint density at radius 2 is 1.61 bits per heavy atom. The van der Waals surface area contributed by atoms with Gasteiger partial charge in [-0.1, -0.05) is 26.0 Å². The predicted octanol–water partition coefficient (Wildman–Crippen LogP) is 3.20. The molecule has 1 N–H and O–H groups in total. The highest BCUT2D eigenvalue weighted by atomic mass is 32.2. The van der Waals surface area contributed by atoms with Crippen LogP contribution in [0.1, 0.15) is 39.2 Å². The summed E-state index contributed by atoms with van der Waals surface area (Å²) in [5.41, 5.74) is 0.887. The Kier molecular flexibility index (Phi) is 11.2. The summed E-state index contributed by atoms with van der Waals surface area (Å²) in [6.45, 7) is 5.19. The maximum atomic E-state index is 13.9. The lowest BCUT2D eigenvalue weighted by molar-refractivity contribution is -0.140. The van der Waals surface area contributed by atoms with Crippen LogP contribution in [0.2, 0.25) is 0 Å². The number of carbonyl (C=O) groups is 2. The van der Waals surface area contributed by atoms with Crippen molar-refractivity contribution in [1.82, 2.24) is 10.2 Å². The number of rotatable bonds is 14. The second-order valence-electron chi connectivity index (χ2n) is 8.92. The van der Waals surface area contributed by atoms with E-state index in [2.05, 4.69) is 5.32 Å². The topological polar surface area (TPSA) is 114 Å². The van der Waals surface area contributed by atoms with Crippen molar-refractivity contribution in [2.75, 3.05) is 38.4 Å². The van der Waals surface area contributed by atoms with Gasteiger partial charge >= 0.3 is 0 Å². The number of anilines is 1. The molecule has 2 aromatic rings. The van der Waals surface area contributed by atoms with Crippen LogP contribution in [0, 0.1) is 0 Å².